The van der Waals surface area contributed by atoms with Crippen molar-refractivity contribution in [3.8, 4) is 0 Å². The third kappa shape index (κ3) is 9.55. The van der Waals surface area contributed by atoms with Crippen molar-refractivity contribution in [2.45, 2.75) is 30.6 Å². The molecule has 0 bridgehead atoms. The van der Waals surface area contributed by atoms with Gasteiger partial charge in [-0.05, 0) is 18.4 Å². The van der Waals surface area contributed by atoms with Crippen molar-refractivity contribution in [1.82, 2.24) is 16.0 Å². The Kier molecular flexibility index (Phi) is 13.3. The van der Waals surface area contributed by atoms with Gasteiger partial charge in [-0.2, -0.15) is 37.0 Å². The van der Waals surface area contributed by atoms with E-state index in [0.717, 1.165) is 0 Å². The molecule has 4 atom stereocenters. The Morgan fingerprint density at radius 3 is 1.93 bits per heavy atom. The Hall–Kier alpha value is -1.15. The van der Waals surface area contributed by atoms with Crippen LogP contribution in [0.25, 0.3) is 0 Å². The van der Waals surface area contributed by atoms with E-state index in [1.165, 1.54) is 11.8 Å². The van der Waals surface area contributed by atoms with Crippen molar-refractivity contribution in [1.29, 1.82) is 0 Å². The van der Waals surface area contributed by atoms with Gasteiger partial charge in [-0.1, -0.05) is 0 Å². The van der Waals surface area contributed by atoms with E-state index in [1.54, 1.807) is 6.26 Å². The molecule has 7 N–H and O–H groups in total. The zero-order chi connectivity index (χ0) is 21.0. The quantitative estimate of drug-likeness (QED) is 0.144. The second-order valence-corrected chi connectivity index (χ2v) is 7.17. The fourth-order valence-corrected chi connectivity index (χ4v) is 2.68. The van der Waals surface area contributed by atoms with Crippen LogP contribution < -0.4 is 21.7 Å². The highest BCUT2D eigenvalue weighted by Crippen LogP contribution is 2.03. The summed E-state index contributed by atoms with van der Waals surface area (Å²) in [6.07, 6.45) is 2.03. The number of nitrogens with two attached hydrogens (primary N) is 1. The van der Waals surface area contributed by atoms with E-state index in [-0.39, 0.29) is 17.9 Å². The van der Waals surface area contributed by atoms with Gasteiger partial charge in [0, 0.05) is 11.5 Å². The second-order valence-electron chi connectivity index (χ2n) is 5.46. The molecule has 0 aromatic rings. The number of aliphatic carboxylic acids is 1. The maximum absolute atomic E-state index is 12.3. The lowest BCUT2D eigenvalue weighted by atomic mass is 10.1. The predicted molar refractivity (Wildman–Crippen MR) is 109 cm³/mol. The number of thiol groups is 2. The average molecular weight is 443 g/mol. The number of nitrogens with one attached hydrogen (secondary N) is 3. The third-order valence-corrected chi connectivity index (χ3v) is 4.79. The lowest BCUT2D eigenvalue weighted by Gasteiger charge is -2.23. The standard InChI is InChI=1S/C14H26N4O6S3/c1-27-3-2-8(12(21)18-10(6-26)14(23)24)16-13(22)9(4-19)17-11(20)7(15)5-25/h7-10,19,25-26H,2-6,15H2,1H3,(H,16,22)(H,17,20)(H,18,21)(H,23,24). The number of hydrogen-bond donors (Lipinski definition) is 8. The van der Waals surface area contributed by atoms with Crippen molar-refractivity contribution in [2.24, 2.45) is 5.73 Å². The van der Waals surface area contributed by atoms with Crippen LogP contribution in [0.4, 0.5) is 0 Å². The molecule has 0 radical (unpaired) electrons. The smallest absolute Gasteiger partial charge is 0.327 e. The first kappa shape index (κ1) is 25.9. The molecular weight excluding hydrogens is 416 g/mol. The number of amides is 3. The maximum atomic E-state index is 12.3. The number of hydrogen-bond acceptors (Lipinski definition) is 9. The monoisotopic (exact) mass is 442 g/mol. The molecule has 4 unspecified atom stereocenters. The van der Waals surface area contributed by atoms with Crippen LogP contribution in [0.1, 0.15) is 6.42 Å². The molecule has 0 heterocycles. The van der Waals surface area contributed by atoms with Gasteiger partial charge in [-0.3, -0.25) is 14.4 Å². The first-order valence-corrected chi connectivity index (χ1v) is 10.6. The molecule has 0 aliphatic heterocycles. The van der Waals surface area contributed by atoms with Gasteiger partial charge in [-0.15, -0.1) is 0 Å². The number of carboxylic acids is 1. The van der Waals surface area contributed by atoms with Crippen LogP contribution in [0.3, 0.4) is 0 Å². The summed E-state index contributed by atoms with van der Waals surface area (Å²) in [7, 11) is 0. The molecule has 0 spiro atoms. The summed E-state index contributed by atoms with van der Waals surface area (Å²) in [6, 6.07) is -4.53. The van der Waals surface area contributed by atoms with Gasteiger partial charge >= 0.3 is 5.97 Å². The minimum Gasteiger partial charge on any atom is -0.480 e. The molecule has 0 aromatic heterocycles. The van der Waals surface area contributed by atoms with Gasteiger partial charge in [0.2, 0.25) is 17.7 Å². The zero-order valence-corrected chi connectivity index (χ0v) is 17.4. The molecule has 13 heteroatoms. The van der Waals surface area contributed by atoms with Crippen molar-refractivity contribution in [2.75, 3.05) is 30.1 Å². The average Bonchev–Trinajstić information content (AvgIpc) is 2.65. The molecule has 0 saturated carbocycles. The summed E-state index contributed by atoms with van der Waals surface area (Å²) in [6.45, 7) is -0.706. The van der Waals surface area contributed by atoms with Crippen LogP contribution in [0.15, 0.2) is 0 Å². The largest absolute Gasteiger partial charge is 0.480 e. The van der Waals surface area contributed by atoms with Crippen molar-refractivity contribution < 1.29 is 29.4 Å². The summed E-state index contributed by atoms with van der Waals surface area (Å²) in [4.78, 5) is 47.5. The number of thioether (sulfide) groups is 1. The Bertz CT molecular complexity index is 525. The minimum atomic E-state index is -1.31. The van der Waals surface area contributed by atoms with E-state index >= 15 is 0 Å². The number of carboxylic acid groups (broad SMARTS) is 1. The molecule has 0 aromatic carbocycles. The van der Waals surface area contributed by atoms with Gasteiger partial charge < -0.3 is 31.9 Å². The molecule has 0 saturated heterocycles. The molecular formula is C14H26N4O6S3. The van der Waals surface area contributed by atoms with E-state index in [4.69, 9.17) is 10.8 Å². The molecule has 10 nitrogen and oxygen atoms in total. The van der Waals surface area contributed by atoms with Crippen LogP contribution in [-0.4, -0.2) is 88.2 Å². The van der Waals surface area contributed by atoms with Gasteiger partial charge in [0.1, 0.15) is 18.1 Å². The van der Waals surface area contributed by atoms with Crippen LogP contribution in [0, 0.1) is 0 Å². The zero-order valence-electron chi connectivity index (χ0n) is 14.8. The molecule has 0 aliphatic rings. The highest BCUT2D eigenvalue weighted by molar-refractivity contribution is 7.98. The number of rotatable bonds is 13. The Morgan fingerprint density at radius 1 is 0.963 bits per heavy atom. The van der Waals surface area contributed by atoms with Gasteiger partial charge in [0.25, 0.3) is 0 Å². The lowest BCUT2D eigenvalue weighted by molar-refractivity contribution is -0.141. The topological polar surface area (TPSA) is 171 Å². The normalized spacial score (nSPS) is 15.1. The van der Waals surface area contributed by atoms with Crippen LogP contribution in [-0.2, 0) is 19.2 Å². The summed E-state index contributed by atoms with van der Waals surface area (Å²) < 4.78 is 0. The van der Waals surface area contributed by atoms with E-state index < -0.39 is 54.5 Å². The van der Waals surface area contributed by atoms with Gasteiger partial charge in [-0.25, -0.2) is 4.79 Å². The van der Waals surface area contributed by atoms with Crippen molar-refractivity contribution in [3.63, 3.8) is 0 Å². The van der Waals surface area contributed by atoms with Gasteiger partial charge in [0.15, 0.2) is 0 Å². The lowest BCUT2D eigenvalue weighted by Crippen LogP contribution is -2.58. The molecule has 156 valence electrons. The summed E-state index contributed by atoms with van der Waals surface area (Å²) >= 11 is 9.18. The second kappa shape index (κ2) is 13.9. The van der Waals surface area contributed by atoms with E-state index in [0.29, 0.717) is 5.75 Å². The Balaban J connectivity index is 5.07. The summed E-state index contributed by atoms with van der Waals surface area (Å²) in [5.41, 5.74) is 5.50. The molecule has 27 heavy (non-hydrogen) atoms. The predicted octanol–water partition coefficient (Wildman–Crippen LogP) is -2.54. The first-order valence-electron chi connectivity index (χ1n) is 7.92. The first-order chi connectivity index (χ1) is 12.7. The molecule has 0 rings (SSSR count). The SMILES string of the molecule is CSCCC(NC(=O)C(CO)NC(=O)C(N)CS)C(=O)NC(CS)C(=O)O. The number of carbonyl (C=O) groups is 4. The minimum absolute atomic E-state index is 0.0463. The van der Waals surface area contributed by atoms with E-state index in [1.807, 2.05) is 0 Å². The van der Waals surface area contributed by atoms with Crippen molar-refractivity contribution in [3.05, 3.63) is 0 Å². The highest BCUT2D eigenvalue weighted by atomic mass is 32.2. The fraction of sp³-hybridized carbons (Fsp3) is 0.714. The molecule has 0 fully saturated rings. The van der Waals surface area contributed by atoms with Gasteiger partial charge in [0.05, 0.1) is 12.6 Å². The van der Waals surface area contributed by atoms with Crippen molar-refractivity contribution >= 4 is 60.7 Å². The number of aliphatic hydroxyl groups excluding tert-OH is 1. The third-order valence-electron chi connectivity index (χ3n) is 3.39. The molecule has 0 aliphatic carbocycles. The Morgan fingerprint density at radius 2 is 1.48 bits per heavy atom. The Labute approximate surface area is 172 Å². The summed E-state index contributed by atoms with van der Waals surface area (Å²) in [5, 5.41) is 25.3. The maximum Gasteiger partial charge on any atom is 0.327 e. The number of aliphatic hydroxyl groups is 1. The van der Waals surface area contributed by atoms with Crippen LogP contribution >= 0.6 is 37.0 Å². The van der Waals surface area contributed by atoms with Crippen LogP contribution in [0.5, 0.6) is 0 Å². The highest BCUT2D eigenvalue weighted by Gasteiger charge is 2.29. The van der Waals surface area contributed by atoms with E-state index in [9.17, 15) is 24.3 Å². The molecule has 3 amide bonds. The van der Waals surface area contributed by atoms with E-state index in [2.05, 4.69) is 41.2 Å². The summed E-state index contributed by atoms with van der Waals surface area (Å²) in [5.74, 6) is -2.99. The number of carbonyl (C=O) groups excluding carboxylic acids is 3. The van der Waals surface area contributed by atoms with Crippen LogP contribution in [0.2, 0.25) is 0 Å². The fourth-order valence-electron chi connectivity index (χ4n) is 1.79.